The van der Waals surface area contributed by atoms with E-state index in [2.05, 4.69) is 41.2 Å². The number of rotatable bonds is 3. The lowest BCUT2D eigenvalue weighted by atomic mass is 10.1. The van der Waals surface area contributed by atoms with Crippen LogP contribution >= 0.6 is 11.3 Å². The van der Waals surface area contributed by atoms with Crippen LogP contribution in [-0.4, -0.2) is 57.0 Å². The summed E-state index contributed by atoms with van der Waals surface area (Å²) in [6, 6.07) is 12.1. The maximum Gasteiger partial charge on any atom is 0.244 e. The molecule has 0 bridgehead atoms. The highest BCUT2D eigenvalue weighted by Crippen LogP contribution is 2.32. The molecule has 0 unspecified atom stereocenters. The Morgan fingerprint density at radius 3 is 2.72 bits per heavy atom. The normalized spacial score (nSPS) is 14.8. The van der Waals surface area contributed by atoms with Crippen LogP contribution in [0.25, 0.3) is 21.3 Å². The average molecular weight is 407 g/mol. The molecule has 1 aliphatic rings. The van der Waals surface area contributed by atoms with Gasteiger partial charge < -0.3 is 9.80 Å². The van der Waals surface area contributed by atoms with E-state index in [0.29, 0.717) is 13.1 Å². The Morgan fingerprint density at radius 1 is 1.10 bits per heavy atom. The Kier molecular flexibility index (Phi) is 4.43. The maximum atomic E-state index is 12.8. The van der Waals surface area contributed by atoms with Gasteiger partial charge in [-0.3, -0.25) is 4.79 Å². The Morgan fingerprint density at radius 2 is 1.90 bits per heavy atom. The van der Waals surface area contributed by atoms with Crippen molar-refractivity contribution in [3.05, 3.63) is 47.5 Å². The van der Waals surface area contributed by atoms with Gasteiger partial charge in [-0.25, -0.2) is 9.67 Å². The minimum atomic E-state index is 0.0797. The van der Waals surface area contributed by atoms with Gasteiger partial charge in [0.2, 0.25) is 5.91 Å². The number of piperazine rings is 1. The number of aromatic nitrogens is 4. The number of thiazole rings is 1. The van der Waals surface area contributed by atoms with Gasteiger partial charge in [0.15, 0.2) is 5.13 Å². The Hall–Kier alpha value is -3.00. The zero-order valence-electron chi connectivity index (χ0n) is 16.5. The van der Waals surface area contributed by atoms with E-state index in [9.17, 15) is 4.79 Å². The van der Waals surface area contributed by atoms with Crippen molar-refractivity contribution in [2.24, 2.45) is 0 Å². The van der Waals surface area contributed by atoms with E-state index >= 15 is 0 Å². The summed E-state index contributed by atoms with van der Waals surface area (Å²) in [6.07, 6.45) is 0. The first-order chi connectivity index (χ1) is 14.1. The molecule has 1 aliphatic heterocycles. The topological polar surface area (TPSA) is 67.2 Å². The summed E-state index contributed by atoms with van der Waals surface area (Å²) in [6.45, 7) is 7.43. The third kappa shape index (κ3) is 3.33. The molecule has 0 spiro atoms. The minimum Gasteiger partial charge on any atom is -0.345 e. The van der Waals surface area contributed by atoms with Crippen LogP contribution in [0.3, 0.4) is 0 Å². The fraction of sp³-hybridized carbons (Fsp3) is 0.333. The summed E-state index contributed by atoms with van der Waals surface area (Å²) in [4.78, 5) is 21.8. The molecular formula is C21H22N6OS. The van der Waals surface area contributed by atoms with Crippen molar-refractivity contribution in [1.82, 2.24) is 24.9 Å². The zero-order chi connectivity index (χ0) is 20.0. The van der Waals surface area contributed by atoms with Gasteiger partial charge in [-0.1, -0.05) is 34.7 Å². The van der Waals surface area contributed by atoms with E-state index in [4.69, 9.17) is 4.98 Å². The lowest BCUT2D eigenvalue weighted by molar-refractivity contribution is -0.132. The molecule has 1 amide bonds. The second kappa shape index (κ2) is 7.11. The first kappa shape index (κ1) is 18.1. The van der Waals surface area contributed by atoms with Crippen molar-refractivity contribution >= 4 is 43.6 Å². The molecule has 0 radical (unpaired) electrons. The van der Waals surface area contributed by atoms with E-state index in [1.54, 1.807) is 16.0 Å². The smallest absolute Gasteiger partial charge is 0.244 e. The first-order valence-electron chi connectivity index (χ1n) is 9.77. The minimum absolute atomic E-state index is 0.0797. The Bertz CT molecular complexity index is 1200. The summed E-state index contributed by atoms with van der Waals surface area (Å²) in [5.41, 5.74) is 5.27. The quantitative estimate of drug-likeness (QED) is 0.523. The van der Waals surface area contributed by atoms with Crippen molar-refractivity contribution in [1.29, 1.82) is 0 Å². The van der Waals surface area contributed by atoms with Gasteiger partial charge in [-0.15, -0.1) is 5.10 Å². The standard InChI is InChI=1S/C21H22N6OS/c1-14-11-15(2)20-18(12-14)29-21(22-20)26-9-7-25(8-10-26)19(28)13-27-17-6-4-3-5-16(17)23-24-27/h3-6,11-12H,7-10,13H2,1-2H3. The summed E-state index contributed by atoms with van der Waals surface area (Å²) >= 11 is 1.74. The average Bonchev–Trinajstić information content (AvgIpc) is 3.33. The van der Waals surface area contributed by atoms with Crippen molar-refractivity contribution in [3.63, 3.8) is 0 Å². The Labute approximate surface area is 172 Å². The van der Waals surface area contributed by atoms with Crippen LogP contribution in [-0.2, 0) is 11.3 Å². The molecular weight excluding hydrogens is 384 g/mol. The highest BCUT2D eigenvalue weighted by Gasteiger charge is 2.24. The molecule has 1 saturated heterocycles. The molecule has 8 heteroatoms. The third-order valence-corrected chi connectivity index (χ3v) is 6.49. The molecule has 5 rings (SSSR count). The van der Waals surface area contributed by atoms with Gasteiger partial charge in [0.05, 0.1) is 15.7 Å². The van der Waals surface area contributed by atoms with E-state index in [-0.39, 0.29) is 12.5 Å². The molecule has 2 aromatic heterocycles. The molecule has 0 aliphatic carbocycles. The van der Waals surface area contributed by atoms with Gasteiger partial charge in [0.25, 0.3) is 0 Å². The summed E-state index contributed by atoms with van der Waals surface area (Å²) in [5.74, 6) is 0.0797. The number of anilines is 1. The molecule has 148 valence electrons. The van der Waals surface area contributed by atoms with Crippen LogP contribution in [0.2, 0.25) is 0 Å². The highest BCUT2D eigenvalue weighted by atomic mass is 32.1. The van der Waals surface area contributed by atoms with Crippen LogP contribution in [0.5, 0.6) is 0 Å². The first-order valence-corrected chi connectivity index (χ1v) is 10.6. The maximum absolute atomic E-state index is 12.8. The van der Waals surface area contributed by atoms with Crippen molar-refractivity contribution in [2.75, 3.05) is 31.1 Å². The second-order valence-electron chi connectivity index (χ2n) is 7.53. The van der Waals surface area contributed by atoms with Crippen LogP contribution in [0.1, 0.15) is 11.1 Å². The predicted molar refractivity (Wildman–Crippen MR) is 115 cm³/mol. The molecule has 0 saturated carbocycles. The molecule has 1 fully saturated rings. The summed E-state index contributed by atoms with van der Waals surface area (Å²) in [5, 5.41) is 9.31. The number of hydrogen-bond donors (Lipinski definition) is 0. The molecule has 3 heterocycles. The summed E-state index contributed by atoms with van der Waals surface area (Å²) in [7, 11) is 0. The number of carbonyl (C=O) groups is 1. The number of benzene rings is 2. The number of para-hydroxylation sites is 1. The summed E-state index contributed by atoms with van der Waals surface area (Å²) < 4.78 is 2.91. The SMILES string of the molecule is Cc1cc(C)c2nc(N3CCN(C(=O)Cn4nnc5ccccc54)CC3)sc2c1. The Balaban J connectivity index is 1.26. The van der Waals surface area contributed by atoms with Crippen LogP contribution in [0.15, 0.2) is 36.4 Å². The largest absolute Gasteiger partial charge is 0.345 e. The van der Waals surface area contributed by atoms with Crippen molar-refractivity contribution in [3.8, 4) is 0 Å². The van der Waals surface area contributed by atoms with Crippen LogP contribution < -0.4 is 4.90 Å². The number of amides is 1. The van der Waals surface area contributed by atoms with Crippen LogP contribution in [0, 0.1) is 13.8 Å². The molecule has 29 heavy (non-hydrogen) atoms. The molecule has 7 nitrogen and oxygen atoms in total. The van der Waals surface area contributed by atoms with Crippen molar-refractivity contribution < 1.29 is 4.79 Å². The number of hydrogen-bond acceptors (Lipinski definition) is 6. The lowest BCUT2D eigenvalue weighted by Gasteiger charge is -2.34. The highest BCUT2D eigenvalue weighted by molar-refractivity contribution is 7.22. The molecule has 0 atom stereocenters. The van der Waals surface area contributed by atoms with E-state index in [0.717, 1.165) is 34.8 Å². The third-order valence-electron chi connectivity index (χ3n) is 5.43. The van der Waals surface area contributed by atoms with Gasteiger partial charge >= 0.3 is 0 Å². The van der Waals surface area contributed by atoms with E-state index < -0.39 is 0 Å². The zero-order valence-corrected chi connectivity index (χ0v) is 17.3. The molecule has 4 aromatic rings. The number of aryl methyl sites for hydroxylation is 2. The molecule has 2 aromatic carbocycles. The van der Waals surface area contributed by atoms with Crippen molar-refractivity contribution in [2.45, 2.75) is 20.4 Å². The second-order valence-corrected chi connectivity index (χ2v) is 8.54. The number of nitrogens with zero attached hydrogens (tertiary/aromatic N) is 6. The van der Waals surface area contributed by atoms with E-state index in [1.165, 1.54) is 15.8 Å². The van der Waals surface area contributed by atoms with Gasteiger partial charge in [0.1, 0.15) is 12.1 Å². The molecule has 0 N–H and O–H groups in total. The van der Waals surface area contributed by atoms with Gasteiger partial charge in [-0.2, -0.15) is 0 Å². The van der Waals surface area contributed by atoms with Gasteiger partial charge in [-0.05, 0) is 43.2 Å². The van der Waals surface area contributed by atoms with Crippen LogP contribution in [0.4, 0.5) is 5.13 Å². The van der Waals surface area contributed by atoms with Gasteiger partial charge in [0, 0.05) is 26.2 Å². The predicted octanol–water partition coefficient (Wildman–Crippen LogP) is 3.01. The number of fused-ring (bicyclic) bond motifs is 2. The lowest BCUT2D eigenvalue weighted by Crippen LogP contribution is -2.49. The monoisotopic (exact) mass is 406 g/mol. The number of carbonyl (C=O) groups excluding carboxylic acids is 1. The van der Waals surface area contributed by atoms with E-state index in [1.807, 2.05) is 29.2 Å². The fourth-order valence-electron chi connectivity index (χ4n) is 3.90. The fourth-order valence-corrected chi connectivity index (χ4v) is 5.10.